The van der Waals surface area contributed by atoms with Gasteiger partial charge in [-0.25, -0.2) is 8.78 Å². The summed E-state index contributed by atoms with van der Waals surface area (Å²) in [7, 11) is 0. The summed E-state index contributed by atoms with van der Waals surface area (Å²) in [6.07, 6.45) is 0. The van der Waals surface area contributed by atoms with Crippen LogP contribution < -0.4 is 10.6 Å². The quantitative estimate of drug-likeness (QED) is 0.941. The number of piperazine rings is 1. The molecule has 1 saturated heterocycles. The van der Waals surface area contributed by atoms with Crippen LogP contribution in [-0.4, -0.2) is 37.6 Å². The third-order valence-corrected chi connectivity index (χ3v) is 4.42. The van der Waals surface area contributed by atoms with Gasteiger partial charge >= 0.3 is 0 Å². The fraction of sp³-hybridized carbons (Fsp3) is 0.333. The number of hydrogen-bond donors (Lipinski definition) is 1. The summed E-state index contributed by atoms with van der Waals surface area (Å²) in [5.41, 5.74) is 8.03. The van der Waals surface area contributed by atoms with Crippen molar-refractivity contribution in [2.75, 3.05) is 37.6 Å². The molecule has 0 aliphatic carbocycles. The van der Waals surface area contributed by atoms with Crippen molar-refractivity contribution in [3.8, 4) is 0 Å². The Kier molecular flexibility index (Phi) is 4.88. The van der Waals surface area contributed by atoms with Crippen LogP contribution in [0, 0.1) is 11.6 Å². The lowest BCUT2D eigenvalue weighted by Crippen LogP contribution is -2.49. The highest BCUT2D eigenvalue weighted by Crippen LogP contribution is 2.24. The van der Waals surface area contributed by atoms with Gasteiger partial charge < -0.3 is 10.6 Å². The summed E-state index contributed by atoms with van der Waals surface area (Å²) >= 11 is 0. The monoisotopic (exact) mass is 317 g/mol. The van der Waals surface area contributed by atoms with Crippen molar-refractivity contribution < 1.29 is 8.78 Å². The van der Waals surface area contributed by atoms with E-state index in [1.807, 2.05) is 12.1 Å². The van der Waals surface area contributed by atoms with Crippen LogP contribution in [0.1, 0.15) is 11.6 Å². The summed E-state index contributed by atoms with van der Waals surface area (Å²) < 4.78 is 26.1. The van der Waals surface area contributed by atoms with Gasteiger partial charge in [-0.3, -0.25) is 4.90 Å². The average Bonchev–Trinajstić information content (AvgIpc) is 2.59. The van der Waals surface area contributed by atoms with E-state index in [2.05, 4.69) is 9.80 Å². The number of halogens is 2. The Bertz CT molecular complexity index is 620. The molecule has 5 heteroatoms. The van der Waals surface area contributed by atoms with Crippen LogP contribution in [0.25, 0.3) is 0 Å². The van der Waals surface area contributed by atoms with Crippen LogP contribution in [0.2, 0.25) is 0 Å². The molecule has 2 aromatic rings. The van der Waals surface area contributed by atoms with Gasteiger partial charge in [0.1, 0.15) is 11.6 Å². The minimum absolute atomic E-state index is 0.103. The Balaban J connectivity index is 1.65. The zero-order valence-electron chi connectivity index (χ0n) is 13.0. The molecular formula is C18H21F2N3. The van der Waals surface area contributed by atoms with Gasteiger partial charge in [-0.2, -0.15) is 0 Å². The molecule has 23 heavy (non-hydrogen) atoms. The summed E-state index contributed by atoms with van der Waals surface area (Å²) in [4.78, 5) is 4.57. The molecule has 0 bridgehead atoms. The van der Waals surface area contributed by atoms with Crippen molar-refractivity contribution in [3.63, 3.8) is 0 Å². The van der Waals surface area contributed by atoms with Gasteiger partial charge in [0.15, 0.2) is 0 Å². The van der Waals surface area contributed by atoms with Gasteiger partial charge in [-0.15, -0.1) is 0 Å². The van der Waals surface area contributed by atoms with E-state index in [0.717, 1.165) is 37.4 Å². The third-order valence-electron chi connectivity index (χ3n) is 4.42. The van der Waals surface area contributed by atoms with Gasteiger partial charge in [0, 0.05) is 44.5 Å². The highest BCUT2D eigenvalue weighted by atomic mass is 19.1. The predicted octanol–water partition coefficient (Wildman–Crippen LogP) is 2.79. The molecular weight excluding hydrogens is 296 g/mol. The molecule has 3 rings (SSSR count). The molecule has 1 aliphatic heterocycles. The number of rotatable bonds is 4. The molecule has 0 saturated carbocycles. The van der Waals surface area contributed by atoms with Crippen molar-refractivity contribution in [1.82, 2.24) is 4.90 Å². The van der Waals surface area contributed by atoms with Crippen molar-refractivity contribution in [2.24, 2.45) is 5.73 Å². The van der Waals surface area contributed by atoms with E-state index in [4.69, 9.17) is 5.73 Å². The van der Waals surface area contributed by atoms with Crippen LogP contribution >= 0.6 is 0 Å². The second kappa shape index (κ2) is 7.06. The van der Waals surface area contributed by atoms with Crippen LogP contribution in [0.4, 0.5) is 14.5 Å². The maximum atomic E-state index is 13.1. The van der Waals surface area contributed by atoms with Crippen molar-refractivity contribution >= 4 is 5.69 Å². The topological polar surface area (TPSA) is 32.5 Å². The number of hydrogen-bond acceptors (Lipinski definition) is 3. The highest BCUT2D eigenvalue weighted by molar-refractivity contribution is 5.46. The minimum atomic E-state index is -0.231. The molecule has 1 unspecified atom stereocenters. The zero-order valence-corrected chi connectivity index (χ0v) is 13.0. The van der Waals surface area contributed by atoms with Crippen LogP contribution in [0.3, 0.4) is 0 Å². The van der Waals surface area contributed by atoms with E-state index in [0.29, 0.717) is 6.54 Å². The Labute approximate surface area is 135 Å². The fourth-order valence-corrected chi connectivity index (χ4v) is 3.12. The summed E-state index contributed by atoms with van der Waals surface area (Å²) in [5.74, 6) is -0.447. The van der Waals surface area contributed by atoms with Gasteiger partial charge in [-0.05, 0) is 42.0 Å². The zero-order chi connectivity index (χ0) is 16.2. The first-order chi connectivity index (χ1) is 11.2. The van der Waals surface area contributed by atoms with Crippen molar-refractivity contribution in [2.45, 2.75) is 6.04 Å². The maximum Gasteiger partial charge on any atom is 0.123 e. The minimum Gasteiger partial charge on any atom is -0.369 e. The Morgan fingerprint density at radius 3 is 1.87 bits per heavy atom. The second-order valence-electron chi connectivity index (χ2n) is 5.80. The lowest BCUT2D eigenvalue weighted by molar-refractivity contribution is 0.190. The van der Waals surface area contributed by atoms with Gasteiger partial charge in [0.2, 0.25) is 0 Å². The molecule has 3 nitrogen and oxygen atoms in total. The normalized spacial score (nSPS) is 17.3. The molecule has 0 aromatic heterocycles. The second-order valence-corrected chi connectivity index (χ2v) is 5.80. The molecule has 1 atom stereocenters. The van der Waals surface area contributed by atoms with Gasteiger partial charge in [-0.1, -0.05) is 12.1 Å². The maximum absolute atomic E-state index is 13.1. The standard InChI is InChI=1S/C18H21F2N3/c19-15-3-1-14(2-4-15)18(13-21)23-11-9-22(10-12-23)17-7-5-16(20)6-8-17/h1-8,18H,9-13,21H2. The first-order valence-electron chi connectivity index (χ1n) is 7.87. The Hall–Kier alpha value is -1.98. The number of anilines is 1. The number of benzene rings is 2. The lowest BCUT2D eigenvalue weighted by atomic mass is 10.0. The summed E-state index contributed by atoms with van der Waals surface area (Å²) in [6, 6.07) is 13.3. The van der Waals surface area contributed by atoms with Crippen LogP contribution in [0.5, 0.6) is 0 Å². The van der Waals surface area contributed by atoms with E-state index in [9.17, 15) is 8.78 Å². The average molecular weight is 317 g/mol. The Morgan fingerprint density at radius 1 is 0.826 bits per heavy atom. The molecule has 2 aromatic carbocycles. The van der Waals surface area contributed by atoms with Crippen molar-refractivity contribution in [3.05, 3.63) is 65.7 Å². The predicted molar refractivity (Wildman–Crippen MR) is 88.4 cm³/mol. The SMILES string of the molecule is NCC(c1ccc(F)cc1)N1CCN(c2ccc(F)cc2)CC1. The van der Waals surface area contributed by atoms with Crippen LogP contribution in [0.15, 0.2) is 48.5 Å². The Morgan fingerprint density at radius 2 is 1.35 bits per heavy atom. The molecule has 1 heterocycles. The molecule has 2 N–H and O–H groups in total. The van der Waals surface area contributed by atoms with Gasteiger partial charge in [0.05, 0.1) is 0 Å². The highest BCUT2D eigenvalue weighted by Gasteiger charge is 2.24. The fourth-order valence-electron chi connectivity index (χ4n) is 3.12. The molecule has 122 valence electrons. The van der Waals surface area contributed by atoms with E-state index in [1.165, 1.54) is 24.3 Å². The van der Waals surface area contributed by atoms with E-state index in [-0.39, 0.29) is 17.7 Å². The first-order valence-corrected chi connectivity index (χ1v) is 7.87. The van der Waals surface area contributed by atoms with E-state index < -0.39 is 0 Å². The lowest BCUT2D eigenvalue weighted by Gasteiger charge is -2.40. The van der Waals surface area contributed by atoms with E-state index in [1.54, 1.807) is 12.1 Å². The molecule has 1 aliphatic rings. The van der Waals surface area contributed by atoms with Gasteiger partial charge in [0.25, 0.3) is 0 Å². The molecule has 0 radical (unpaired) electrons. The third kappa shape index (κ3) is 3.68. The first kappa shape index (κ1) is 15.9. The molecule has 0 amide bonds. The largest absolute Gasteiger partial charge is 0.369 e. The smallest absolute Gasteiger partial charge is 0.123 e. The molecule has 0 spiro atoms. The van der Waals surface area contributed by atoms with Crippen LogP contribution in [-0.2, 0) is 0 Å². The van der Waals surface area contributed by atoms with E-state index >= 15 is 0 Å². The number of nitrogens with two attached hydrogens (primary N) is 1. The molecule has 1 fully saturated rings. The summed E-state index contributed by atoms with van der Waals surface area (Å²) in [6.45, 7) is 3.97. The number of nitrogens with zero attached hydrogens (tertiary/aromatic N) is 2. The van der Waals surface area contributed by atoms with Crippen molar-refractivity contribution in [1.29, 1.82) is 0 Å². The summed E-state index contributed by atoms with van der Waals surface area (Å²) in [5, 5.41) is 0.